The van der Waals surface area contributed by atoms with E-state index in [0.29, 0.717) is 22.6 Å². The molecule has 0 spiro atoms. The van der Waals surface area contributed by atoms with Crippen molar-refractivity contribution in [1.82, 2.24) is 13.9 Å². The number of rotatable bonds is 10. The number of carbonyl (C=O) groups is 1. The maximum atomic E-state index is 13.9. The molecule has 0 aliphatic carbocycles. The van der Waals surface area contributed by atoms with Crippen molar-refractivity contribution in [2.24, 2.45) is 0 Å². The number of ether oxygens (including phenoxy) is 3. The van der Waals surface area contributed by atoms with Crippen LogP contribution in [-0.2, 0) is 42.7 Å². The molecule has 39 heavy (non-hydrogen) atoms. The number of aryl methyl sites for hydroxylation is 1. The number of aliphatic hydroxyl groups is 1. The molecule has 2 aromatic heterocycles. The van der Waals surface area contributed by atoms with Gasteiger partial charge in [-0.05, 0) is 55.8 Å². The summed E-state index contributed by atoms with van der Waals surface area (Å²) in [6.07, 6.45) is 1.61. The summed E-state index contributed by atoms with van der Waals surface area (Å²) in [4.78, 5) is 20.0. The number of pyridine rings is 1. The Morgan fingerprint density at radius 1 is 1.10 bits per heavy atom. The van der Waals surface area contributed by atoms with E-state index in [1.54, 1.807) is 25.3 Å². The van der Waals surface area contributed by atoms with Crippen molar-refractivity contribution in [1.29, 1.82) is 0 Å². The highest BCUT2D eigenvalue weighted by Crippen LogP contribution is 2.30. The summed E-state index contributed by atoms with van der Waals surface area (Å²) in [7, 11) is -3.45. The summed E-state index contributed by atoms with van der Waals surface area (Å²) in [6, 6.07) is 10.1. The number of hydrogen-bond donors (Lipinski definition) is 1. The molecule has 0 fully saturated rings. The highest BCUT2D eigenvalue weighted by Gasteiger charge is 2.28. The maximum absolute atomic E-state index is 13.9. The molecule has 4 aromatic rings. The Balaban J connectivity index is 1.78. The number of aromatic nitrogens is 3. The molecule has 0 saturated heterocycles. The molecule has 0 aliphatic heterocycles. The molecule has 1 N–H and O–H groups in total. The molecule has 11 nitrogen and oxygen atoms in total. The fourth-order valence-corrected chi connectivity index (χ4v) is 7.02. The van der Waals surface area contributed by atoms with E-state index in [1.165, 1.54) is 44.6 Å². The lowest BCUT2D eigenvalue weighted by Crippen LogP contribution is -2.18. The zero-order valence-corrected chi connectivity index (χ0v) is 23.3. The van der Waals surface area contributed by atoms with Gasteiger partial charge >= 0.3 is 5.97 Å². The van der Waals surface area contributed by atoms with Crippen molar-refractivity contribution in [3.8, 4) is 11.5 Å². The number of carbonyl (C=O) groups excluding carboxylic acids is 1. The number of benzene rings is 2. The van der Waals surface area contributed by atoms with E-state index in [2.05, 4.69) is 14.7 Å². The summed E-state index contributed by atoms with van der Waals surface area (Å²) >= 11 is 0. The van der Waals surface area contributed by atoms with Crippen LogP contribution in [0.5, 0.6) is 11.5 Å². The van der Waals surface area contributed by atoms with Crippen molar-refractivity contribution in [3.63, 3.8) is 0 Å². The molecule has 0 radical (unpaired) electrons. The van der Waals surface area contributed by atoms with Crippen molar-refractivity contribution in [2.45, 2.75) is 36.3 Å². The SMILES string of the molecule is COC(=O)COc1ccc(S(=O)(=O)n2c(S(=O)Cc3ncc(C)c(OC)c3C)nc3cc(CO)ccc32)cc1. The van der Waals surface area contributed by atoms with Crippen molar-refractivity contribution >= 4 is 37.8 Å². The van der Waals surface area contributed by atoms with Crippen LogP contribution in [0.15, 0.2) is 58.7 Å². The standard InChI is InChI=1S/C26H27N3O8S2/c1-16-12-27-22(17(2)25(16)36-4)15-38(32)26-28-21-11-18(13-30)5-10-23(21)29(26)39(33,34)20-8-6-19(7-9-20)37-14-24(31)35-3/h5-12,30H,13-15H2,1-4H3. The second kappa shape index (κ2) is 11.5. The van der Waals surface area contributed by atoms with Crippen LogP contribution in [0.2, 0.25) is 0 Å². The lowest BCUT2D eigenvalue weighted by Gasteiger charge is -2.13. The number of methoxy groups -OCH3 is 2. The molecule has 4 rings (SSSR count). The third-order valence-corrected chi connectivity index (χ3v) is 9.05. The fourth-order valence-electron chi connectivity index (χ4n) is 3.98. The monoisotopic (exact) mass is 573 g/mol. The molecule has 0 saturated carbocycles. The number of hydrogen-bond acceptors (Lipinski definition) is 10. The fraction of sp³-hybridized carbons (Fsp3) is 0.269. The first-order chi connectivity index (χ1) is 18.6. The summed E-state index contributed by atoms with van der Waals surface area (Å²) < 4.78 is 57.6. The maximum Gasteiger partial charge on any atom is 0.343 e. The largest absolute Gasteiger partial charge is 0.496 e. The van der Waals surface area contributed by atoms with Gasteiger partial charge in [0, 0.05) is 17.3 Å². The van der Waals surface area contributed by atoms with E-state index in [1.807, 2.05) is 6.92 Å². The molecular formula is C26H27N3O8S2. The van der Waals surface area contributed by atoms with Gasteiger partial charge in [0.15, 0.2) is 6.61 Å². The Hall–Kier alpha value is -3.81. The molecule has 1 atom stereocenters. The minimum atomic E-state index is -4.29. The molecule has 13 heteroatoms. The Bertz CT molecular complexity index is 1670. The van der Waals surface area contributed by atoms with Gasteiger partial charge < -0.3 is 19.3 Å². The molecule has 206 valence electrons. The second-order valence-electron chi connectivity index (χ2n) is 8.52. The van der Waals surface area contributed by atoms with Gasteiger partial charge in [-0.15, -0.1) is 0 Å². The Morgan fingerprint density at radius 3 is 2.46 bits per heavy atom. The molecule has 0 aliphatic rings. The van der Waals surface area contributed by atoms with Crippen LogP contribution in [0.25, 0.3) is 11.0 Å². The van der Waals surface area contributed by atoms with E-state index in [-0.39, 0.29) is 45.8 Å². The predicted molar refractivity (Wildman–Crippen MR) is 143 cm³/mol. The normalized spacial score (nSPS) is 12.3. The summed E-state index contributed by atoms with van der Waals surface area (Å²) in [5, 5.41) is 9.38. The van der Waals surface area contributed by atoms with Crippen molar-refractivity contribution < 1.29 is 36.7 Å². The average Bonchev–Trinajstić information content (AvgIpc) is 3.33. The highest BCUT2D eigenvalue weighted by molar-refractivity contribution is 7.91. The van der Waals surface area contributed by atoms with Crippen LogP contribution in [0.3, 0.4) is 0 Å². The quantitative estimate of drug-likeness (QED) is 0.281. The lowest BCUT2D eigenvalue weighted by molar-refractivity contribution is -0.142. The van der Waals surface area contributed by atoms with Crippen LogP contribution in [0.1, 0.15) is 22.4 Å². The average molecular weight is 574 g/mol. The third-order valence-electron chi connectivity index (χ3n) is 6.00. The Kier molecular flexibility index (Phi) is 8.33. The van der Waals surface area contributed by atoms with Gasteiger partial charge in [0.1, 0.15) is 11.5 Å². The zero-order chi connectivity index (χ0) is 28.3. The first-order valence-electron chi connectivity index (χ1n) is 11.7. The molecule has 2 aromatic carbocycles. The van der Waals surface area contributed by atoms with Gasteiger partial charge in [0.05, 0.1) is 59.0 Å². The van der Waals surface area contributed by atoms with Gasteiger partial charge in [-0.25, -0.2) is 22.2 Å². The van der Waals surface area contributed by atoms with E-state index < -0.39 is 26.8 Å². The topological polar surface area (TPSA) is 147 Å². The second-order valence-corrected chi connectivity index (χ2v) is 11.6. The first kappa shape index (κ1) is 28.2. The molecule has 0 bridgehead atoms. The first-order valence-corrected chi connectivity index (χ1v) is 14.4. The minimum absolute atomic E-state index is 0.103. The van der Waals surface area contributed by atoms with Crippen LogP contribution in [0.4, 0.5) is 0 Å². The van der Waals surface area contributed by atoms with Gasteiger partial charge in [-0.1, -0.05) is 6.07 Å². The number of esters is 1. The third kappa shape index (κ3) is 5.65. The summed E-state index contributed by atoms with van der Waals surface area (Å²) in [5.41, 5.74) is 2.98. The Morgan fingerprint density at radius 2 is 1.82 bits per heavy atom. The van der Waals surface area contributed by atoms with Gasteiger partial charge in [-0.3, -0.25) is 9.19 Å². The number of imidazole rings is 1. The smallest absolute Gasteiger partial charge is 0.343 e. The highest BCUT2D eigenvalue weighted by atomic mass is 32.2. The molecule has 0 amide bonds. The molecular weight excluding hydrogens is 546 g/mol. The zero-order valence-electron chi connectivity index (χ0n) is 21.7. The van der Waals surface area contributed by atoms with Gasteiger partial charge in [0.25, 0.3) is 10.0 Å². The number of fused-ring (bicyclic) bond motifs is 1. The van der Waals surface area contributed by atoms with Gasteiger partial charge in [0.2, 0.25) is 5.16 Å². The van der Waals surface area contributed by atoms with E-state index >= 15 is 0 Å². The summed E-state index contributed by atoms with van der Waals surface area (Å²) in [5.74, 6) is 0.192. The van der Waals surface area contributed by atoms with E-state index in [4.69, 9.17) is 9.47 Å². The predicted octanol–water partition coefficient (Wildman–Crippen LogP) is 2.65. The van der Waals surface area contributed by atoms with Crippen molar-refractivity contribution in [2.75, 3.05) is 20.8 Å². The van der Waals surface area contributed by atoms with Crippen molar-refractivity contribution in [3.05, 3.63) is 71.0 Å². The van der Waals surface area contributed by atoms with E-state index in [9.17, 15) is 22.5 Å². The number of nitrogens with zero attached hydrogens (tertiary/aromatic N) is 3. The Labute approximate surface area is 227 Å². The van der Waals surface area contributed by atoms with E-state index in [0.717, 1.165) is 9.54 Å². The van der Waals surface area contributed by atoms with Crippen LogP contribution in [0, 0.1) is 13.8 Å². The summed E-state index contributed by atoms with van der Waals surface area (Å²) in [6.45, 7) is 3.04. The van der Waals surface area contributed by atoms with Crippen LogP contribution >= 0.6 is 0 Å². The minimum Gasteiger partial charge on any atom is -0.496 e. The molecule has 2 heterocycles. The van der Waals surface area contributed by atoms with Crippen LogP contribution in [-0.4, -0.2) is 58.5 Å². The number of aliphatic hydroxyl groups excluding tert-OH is 1. The molecule has 1 unspecified atom stereocenters. The lowest BCUT2D eigenvalue weighted by atomic mass is 10.1. The van der Waals surface area contributed by atoms with Crippen LogP contribution < -0.4 is 9.47 Å². The van der Waals surface area contributed by atoms with Gasteiger partial charge in [-0.2, -0.15) is 0 Å².